The molecule has 130 valence electrons. The lowest BCUT2D eigenvalue weighted by Gasteiger charge is -2.07. The second-order valence-electron chi connectivity index (χ2n) is 5.55. The number of nitrogens with zero attached hydrogens (tertiary/aromatic N) is 1. The first-order valence-corrected chi connectivity index (χ1v) is 10.1. The largest absolute Gasteiger partial charge is 0.494 e. The second-order valence-corrected chi connectivity index (χ2v) is 7.36. The second kappa shape index (κ2) is 8.78. The minimum Gasteiger partial charge on any atom is -0.494 e. The topological polar surface area (TPSA) is 51.2 Å². The number of hydrogen-bond donors (Lipinski definition) is 1. The molecule has 0 saturated carbocycles. The van der Waals surface area contributed by atoms with Crippen molar-refractivity contribution in [2.75, 3.05) is 11.9 Å². The molecule has 0 aliphatic carbocycles. The monoisotopic (exact) mass is 372 g/mol. The Labute approximate surface area is 155 Å². The fraction of sp³-hybridized carbons (Fsp3) is 0.263. The van der Waals surface area contributed by atoms with Crippen molar-refractivity contribution in [1.29, 1.82) is 0 Å². The van der Waals surface area contributed by atoms with Crippen LogP contribution in [0.15, 0.2) is 47.2 Å². The van der Waals surface area contributed by atoms with Crippen molar-refractivity contribution < 1.29 is 9.53 Å². The summed E-state index contributed by atoms with van der Waals surface area (Å²) in [5, 5.41) is 7.43. The lowest BCUT2D eigenvalue weighted by atomic mass is 10.2. The number of amides is 1. The lowest BCUT2D eigenvalue weighted by molar-refractivity contribution is 0.102. The number of aromatic nitrogens is 1. The Morgan fingerprint density at radius 1 is 1.20 bits per heavy atom. The number of rotatable bonds is 8. The molecule has 2 heterocycles. The van der Waals surface area contributed by atoms with Crippen molar-refractivity contribution in [3.63, 3.8) is 0 Å². The van der Waals surface area contributed by atoms with E-state index < -0.39 is 0 Å². The number of thiazole rings is 1. The van der Waals surface area contributed by atoms with E-state index in [1.165, 1.54) is 11.3 Å². The quantitative estimate of drug-likeness (QED) is 0.517. The van der Waals surface area contributed by atoms with E-state index >= 15 is 0 Å². The summed E-state index contributed by atoms with van der Waals surface area (Å²) in [4.78, 5) is 18.0. The van der Waals surface area contributed by atoms with Crippen LogP contribution in [0.4, 0.5) is 5.13 Å². The van der Waals surface area contributed by atoms with Crippen LogP contribution < -0.4 is 10.1 Å². The van der Waals surface area contributed by atoms with Crippen LogP contribution in [-0.4, -0.2) is 17.5 Å². The number of carbonyl (C=O) groups excluding carboxylic acids is 1. The molecule has 1 N–H and O–H groups in total. The molecule has 0 aliphatic heterocycles. The molecule has 0 aliphatic rings. The molecule has 3 aromatic rings. The minimum atomic E-state index is -0.175. The van der Waals surface area contributed by atoms with E-state index in [1.807, 2.05) is 35.0 Å². The van der Waals surface area contributed by atoms with Gasteiger partial charge in [-0.15, -0.1) is 22.7 Å². The van der Waals surface area contributed by atoms with Crippen molar-refractivity contribution in [3.8, 4) is 16.3 Å². The highest BCUT2D eigenvalue weighted by molar-refractivity contribution is 7.16. The van der Waals surface area contributed by atoms with Gasteiger partial charge in [0.1, 0.15) is 5.75 Å². The van der Waals surface area contributed by atoms with E-state index in [1.54, 1.807) is 23.5 Å². The third-order valence-corrected chi connectivity index (χ3v) is 5.26. The molecule has 1 aromatic carbocycles. The van der Waals surface area contributed by atoms with Gasteiger partial charge in [0.15, 0.2) is 5.13 Å². The molecular weight excluding hydrogens is 352 g/mol. The molecule has 0 saturated heterocycles. The number of ether oxygens (including phenoxy) is 1. The fourth-order valence-corrected chi connectivity index (χ4v) is 3.77. The van der Waals surface area contributed by atoms with Gasteiger partial charge in [0, 0.05) is 10.9 Å². The highest BCUT2D eigenvalue weighted by Gasteiger charge is 2.11. The number of thiophene rings is 1. The molecular formula is C19H20N2O2S2. The van der Waals surface area contributed by atoms with Crippen molar-refractivity contribution >= 4 is 33.7 Å². The molecule has 0 bridgehead atoms. The zero-order valence-corrected chi connectivity index (χ0v) is 15.7. The van der Waals surface area contributed by atoms with Crippen molar-refractivity contribution in [2.24, 2.45) is 0 Å². The standard InChI is InChI=1S/C19H20N2O2S2/c1-2-3-4-10-23-15-8-5-7-14(12-15)18(22)21-19-20-16(13-25-19)17-9-6-11-24-17/h5-9,11-13H,2-4,10H2,1H3,(H,20,21,22). The summed E-state index contributed by atoms with van der Waals surface area (Å²) in [6.45, 7) is 2.84. The maximum Gasteiger partial charge on any atom is 0.257 e. The third kappa shape index (κ3) is 4.90. The molecule has 0 fully saturated rings. The van der Waals surface area contributed by atoms with E-state index in [0.29, 0.717) is 17.3 Å². The van der Waals surface area contributed by atoms with Gasteiger partial charge in [0.2, 0.25) is 0 Å². The summed E-state index contributed by atoms with van der Waals surface area (Å²) in [5.74, 6) is 0.549. The van der Waals surface area contributed by atoms with Crippen molar-refractivity contribution in [3.05, 3.63) is 52.7 Å². The lowest BCUT2D eigenvalue weighted by Crippen LogP contribution is -2.11. The molecule has 1 amide bonds. The zero-order chi connectivity index (χ0) is 17.5. The van der Waals surface area contributed by atoms with Gasteiger partial charge in [-0.2, -0.15) is 0 Å². The first-order chi connectivity index (χ1) is 12.3. The highest BCUT2D eigenvalue weighted by atomic mass is 32.1. The normalized spacial score (nSPS) is 10.6. The van der Waals surface area contributed by atoms with Crippen LogP contribution in [0.2, 0.25) is 0 Å². The van der Waals surface area contributed by atoms with Crippen LogP contribution in [0.1, 0.15) is 36.5 Å². The molecule has 0 spiro atoms. The Balaban J connectivity index is 1.61. The van der Waals surface area contributed by atoms with Crippen LogP contribution in [0.25, 0.3) is 10.6 Å². The van der Waals surface area contributed by atoms with Crippen molar-refractivity contribution in [2.45, 2.75) is 26.2 Å². The fourth-order valence-electron chi connectivity index (χ4n) is 2.31. The summed E-state index contributed by atoms with van der Waals surface area (Å²) in [7, 11) is 0. The van der Waals surface area contributed by atoms with Crippen molar-refractivity contribution in [1.82, 2.24) is 4.98 Å². The van der Waals surface area contributed by atoms with Gasteiger partial charge in [-0.3, -0.25) is 10.1 Å². The first-order valence-electron chi connectivity index (χ1n) is 8.30. The third-order valence-electron chi connectivity index (χ3n) is 3.61. The maximum absolute atomic E-state index is 12.4. The average Bonchev–Trinajstić information content (AvgIpc) is 3.30. The number of carbonyl (C=O) groups is 1. The van der Waals surface area contributed by atoms with Gasteiger partial charge in [-0.1, -0.05) is 31.9 Å². The van der Waals surface area contributed by atoms with E-state index in [9.17, 15) is 4.79 Å². The molecule has 0 unspecified atom stereocenters. The molecule has 2 aromatic heterocycles. The Morgan fingerprint density at radius 2 is 2.12 bits per heavy atom. The van der Waals surface area contributed by atoms with E-state index in [0.717, 1.165) is 35.6 Å². The molecule has 3 rings (SSSR count). The van der Waals surface area contributed by atoms with Crippen LogP contribution in [-0.2, 0) is 0 Å². The van der Waals surface area contributed by atoms with Gasteiger partial charge in [-0.05, 0) is 36.1 Å². The van der Waals surface area contributed by atoms with Crippen LogP contribution in [0.5, 0.6) is 5.75 Å². The summed E-state index contributed by atoms with van der Waals surface area (Å²) in [6.07, 6.45) is 3.33. The predicted molar refractivity (Wildman–Crippen MR) is 105 cm³/mol. The number of nitrogens with one attached hydrogen (secondary N) is 1. The van der Waals surface area contributed by atoms with Gasteiger partial charge in [-0.25, -0.2) is 4.98 Å². The minimum absolute atomic E-state index is 0.175. The van der Waals surface area contributed by atoms with Crippen LogP contribution >= 0.6 is 22.7 Å². The Morgan fingerprint density at radius 3 is 2.92 bits per heavy atom. The van der Waals surface area contributed by atoms with E-state index in [4.69, 9.17) is 4.74 Å². The molecule has 6 heteroatoms. The molecule has 4 nitrogen and oxygen atoms in total. The summed E-state index contributed by atoms with van der Waals surface area (Å²) in [6, 6.07) is 11.3. The SMILES string of the molecule is CCCCCOc1cccc(C(=O)Nc2nc(-c3cccs3)cs2)c1. The number of benzene rings is 1. The van der Waals surface area contributed by atoms with Gasteiger partial charge in [0.05, 0.1) is 17.2 Å². The summed E-state index contributed by atoms with van der Waals surface area (Å²) < 4.78 is 5.71. The van der Waals surface area contributed by atoms with Crippen LogP contribution in [0, 0.1) is 0 Å². The molecule has 0 atom stereocenters. The molecule has 0 radical (unpaired) electrons. The van der Waals surface area contributed by atoms with Crippen LogP contribution in [0.3, 0.4) is 0 Å². The van der Waals surface area contributed by atoms with Gasteiger partial charge >= 0.3 is 0 Å². The number of hydrogen-bond acceptors (Lipinski definition) is 5. The Bertz CT molecular complexity index is 812. The Kier molecular flexibility index (Phi) is 6.19. The molecule has 25 heavy (non-hydrogen) atoms. The predicted octanol–water partition coefficient (Wildman–Crippen LogP) is 5.69. The smallest absolute Gasteiger partial charge is 0.257 e. The average molecular weight is 373 g/mol. The highest BCUT2D eigenvalue weighted by Crippen LogP contribution is 2.28. The van der Waals surface area contributed by atoms with E-state index in [-0.39, 0.29) is 5.91 Å². The van der Waals surface area contributed by atoms with Gasteiger partial charge < -0.3 is 4.74 Å². The summed E-state index contributed by atoms with van der Waals surface area (Å²) in [5.41, 5.74) is 1.46. The maximum atomic E-state index is 12.4. The van der Waals surface area contributed by atoms with Gasteiger partial charge in [0.25, 0.3) is 5.91 Å². The van der Waals surface area contributed by atoms with E-state index in [2.05, 4.69) is 17.2 Å². The number of anilines is 1. The first kappa shape index (κ1) is 17.6. The number of unbranched alkanes of at least 4 members (excludes halogenated alkanes) is 2. The Hall–Kier alpha value is -2.18. The zero-order valence-electron chi connectivity index (χ0n) is 14.0. The summed E-state index contributed by atoms with van der Waals surface area (Å²) >= 11 is 3.06.